The Hall–Kier alpha value is -0.790. The van der Waals surface area contributed by atoms with Crippen molar-refractivity contribution in [3.05, 3.63) is 9.54 Å². The van der Waals surface area contributed by atoms with E-state index >= 15 is 0 Å². The van der Waals surface area contributed by atoms with Gasteiger partial charge in [-0.05, 0) is 24.4 Å². The molecule has 1 aromatic heterocycles. The second-order valence-corrected chi connectivity index (χ2v) is 3.71. The quantitative estimate of drug-likeness (QED) is 0.706. The molecule has 2 rings (SSSR count). The van der Waals surface area contributed by atoms with E-state index in [-0.39, 0.29) is 0 Å². The van der Waals surface area contributed by atoms with Gasteiger partial charge < -0.3 is 19.6 Å². The summed E-state index contributed by atoms with van der Waals surface area (Å²) in [7, 11) is 0. The van der Waals surface area contributed by atoms with E-state index in [1.807, 2.05) is 0 Å². The van der Waals surface area contributed by atoms with Crippen LogP contribution < -0.4 is 4.90 Å². The first kappa shape index (κ1) is 9.75. The number of morpholine rings is 1. The van der Waals surface area contributed by atoms with E-state index in [1.165, 1.54) is 0 Å². The Morgan fingerprint density at radius 2 is 1.93 bits per heavy atom. The monoisotopic (exact) mass is 230 g/mol. The maximum Gasteiger partial charge on any atom is 0.207 e. The Balaban J connectivity index is 2.30. The van der Waals surface area contributed by atoms with Crippen LogP contribution in [0.4, 0.5) is 5.95 Å². The van der Waals surface area contributed by atoms with Crippen LogP contribution in [-0.4, -0.2) is 41.3 Å². The van der Waals surface area contributed by atoms with Crippen LogP contribution in [0.25, 0.3) is 0 Å². The summed E-state index contributed by atoms with van der Waals surface area (Å²) < 4.78 is 6.16. The number of nitrogens with one attached hydrogen (secondary N) is 2. The number of ether oxygens (including phenoxy) is 1. The van der Waals surface area contributed by atoms with Gasteiger partial charge in [0.05, 0.1) is 13.2 Å². The van der Waals surface area contributed by atoms with Crippen molar-refractivity contribution >= 4 is 30.4 Å². The van der Waals surface area contributed by atoms with Crippen molar-refractivity contribution in [2.75, 3.05) is 31.2 Å². The molecule has 2 N–H and O–H groups in total. The molecule has 0 saturated carbocycles. The first-order valence-corrected chi connectivity index (χ1v) is 5.11. The van der Waals surface area contributed by atoms with Gasteiger partial charge in [0.2, 0.25) is 10.7 Å². The van der Waals surface area contributed by atoms with Crippen LogP contribution in [0.3, 0.4) is 0 Å². The van der Waals surface area contributed by atoms with E-state index < -0.39 is 0 Å². The number of hydrogen-bond acceptors (Lipinski definition) is 5. The molecule has 1 aliphatic heterocycles. The maximum atomic E-state index is 5.24. The Labute approximate surface area is 91.1 Å². The zero-order valence-corrected chi connectivity index (χ0v) is 9.08. The molecule has 76 valence electrons. The summed E-state index contributed by atoms with van der Waals surface area (Å²) >= 11 is 9.93. The fourth-order valence-corrected chi connectivity index (χ4v) is 1.75. The lowest BCUT2D eigenvalue weighted by Gasteiger charge is -2.26. The van der Waals surface area contributed by atoms with E-state index in [0.29, 0.717) is 22.8 Å². The molecule has 1 aromatic rings. The molecule has 0 aliphatic carbocycles. The van der Waals surface area contributed by atoms with Crippen LogP contribution in [0, 0.1) is 9.54 Å². The first-order valence-electron chi connectivity index (χ1n) is 4.29. The van der Waals surface area contributed by atoms with Gasteiger partial charge in [-0.15, -0.1) is 0 Å². The number of nitrogens with zero attached hydrogens (tertiary/aromatic N) is 2. The van der Waals surface area contributed by atoms with Crippen molar-refractivity contribution in [2.45, 2.75) is 0 Å². The van der Waals surface area contributed by atoms with Crippen LogP contribution in [0.2, 0.25) is 0 Å². The predicted molar refractivity (Wildman–Crippen MR) is 57.6 cm³/mol. The number of aromatic nitrogens is 3. The van der Waals surface area contributed by atoms with E-state index in [0.717, 1.165) is 19.0 Å². The van der Waals surface area contributed by atoms with Crippen molar-refractivity contribution in [3.8, 4) is 0 Å². The van der Waals surface area contributed by atoms with Gasteiger partial charge >= 0.3 is 0 Å². The van der Waals surface area contributed by atoms with E-state index in [9.17, 15) is 0 Å². The lowest BCUT2D eigenvalue weighted by molar-refractivity contribution is 0.122. The lowest BCUT2D eigenvalue weighted by Crippen LogP contribution is -2.37. The number of anilines is 1. The van der Waals surface area contributed by atoms with Crippen molar-refractivity contribution in [1.29, 1.82) is 0 Å². The smallest absolute Gasteiger partial charge is 0.207 e. The van der Waals surface area contributed by atoms with Crippen LogP contribution in [0.15, 0.2) is 0 Å². The van der Waals surface area contributed by atoms with Gasteiger partial charge in [-0.3, -0.25) is 0 Å². The van der Waals surface area contributed by atoms with Crippen LogP contribution in [0.5, 0.6) is 0 Å². The largest absolute Gasteiger partial charge is 0.378 e. The Bertz CT molecular complexity index is 392. The molecule has 0 unspecified atom stereocenters. The van der Waals surface area contributed by atoms with E-state index in [2.05, 4.69) is 19.9 Å². The molecule has 1 aliphatic rings. The standard InChI is InChI=1S/C7H10N4OS2/c13-6-8-5(9-7(14)10-6)11-1-3-12-4-2-11/h1-4H2,(H2,8,9,10,13,14). The molecule has 0 bridgehead atoms. The Kier molecular flexibility index (Phi) is 2.90. The SMILES string of the molecule is S=c1nc(N2CCOCC2)[nH]c(=S)[nH]1. The minimum absolute atomic E-state index is 0.412. The molecule has 0 radical (unpaired) electrons. The summed E-state index contributed by atoms with van der Waals surface area (Å²) in [6, 6.07) is 0. The number of aromatic amines is 2. The molecule has 5 nitrogen and oxygen atoms in total. The van der Waals surface area contributed by atoms with Crippen LogP contribution >= 0.6 is 24.4 Å². The molecular weight excluding hydrogens is 220 g/mol. The maximum absolute atomic E-state index is 5.24. The summed E-state index contributed by atoms with van der Waals surface area (Å²) in [6.07, 6.45) is 0. The highest BCUT2D eigenvalue weighted by Gasteiger charge is 2.12. The van der Waals surface area contributed by atoms with Crippen molar-refractivity contribution in [3.63, 3.8) is 0 Å². The minimum Gasteiger partial charge on any atom is -0.378 e. The summed E-state index contributed by atoms with van der Waals surface area (Å²) in [5.74, 6) is 0.724. The van der Waals surface area contributed by atoms with Gasteiger partial charge in [-0.2, -0.15) is 4.98 Å². The van der Waals surface area contributed by atoms with Gasteiger partial charge in [0, 0.05) is 13.1 Å². The van der Waals surface area contributed by atoms with Gasteiger partial charge in [-0.1, -0.05) is 0 Å². The van der Waals surface area contributed by atoms with Gasteiger partial charge in [0.1, 0.15) is 0 Å². The van der Waals surface area contributed by atoms with Gasteiger partial charge in [0.15, 0.2) is 4.77 Å². The molecule has 0 amide bonds. The predicted octanol–water partition coefficient (Wildman–Crippen LogP) is 1.03. The number of H-pyrrole nitrogens is 2. The zero-order chi connectivity index (χ0) is 9.97. The lowest BCUT2D eigenvalue weighted by atomic mass is 10.4. The molecule has 1 fully saturated rings. The van der Waals surface area contributed by atoms with Crippen molar-refractivity contribution in [1.82, 2.24) is 15.0 Å². The Morgan fingerprint density at radius 3 is 2.57 bits per heavy atom. The summed E-state index contributed by atoms with van der Waals surface area (Å²) in [6.45, 7) is 3.06. The highest BCUT2D eigenvalue weighted by Crippen LogP contribution is 2.07. The highest BCUT2D eigenvalue weighted by atomic mass is 32.1. The fraction of sp³-hybridized carbons (Fsp3) is 0.571. The normalized spacial score (nSPS) is 17.0. The molecular formula is C7H10N4OS2. The molecule has 2 heterocycles. The van der Waals surface area contributed by atoms with Crippen LogP contribution in [0.1, 0.15) is 0 Å². The zero-order valence-electron chi connectivity index (χ0n) is 7.45. The van der Waals surface area contributed by atoms with Crippen LogP contribution in [-0.2, 0) is 4.74 Å². The molecule has 0 atom stereocenters. The Morgan fingerprint density at radius 1 is 1.21 bits per heavy atom. The summed E-state index contributed by atoms with van der Waals surface area (Å²) in [5, 5.41) is 0. The minimum atomic E-state index is 0.412. The second-order valence-electron chi connectivity index (χ2n) is 2.92. The molecule has 0 aromatic carbocycles. The average Bonchev–Trinajstić information content (AvgIpc) is 2.18. The van der Waals surface area contributed by atoms with E-state index in [1.54, 1.807) is 0 Å². The van der Waals surface area contributed by atoms with Gasteiger partial charge in [-0.25, -0.2) is 0 Å². The second kappa shape index (κ2) is 4.16. The third kappa shape index (κ3) is 2.17. The van der Waals surface area contributed by atoms with E-state index in [4.69, 9.17) is 29.2 Å². The number of rotatable bonds is 1. The average molecular weight is 230 g/mol. The first-order chi connectivity index (χ1) is 6.75. The highest BCUT2D eigenvalue weighted by molar-refractivity contribution is 7.71. The molecule has 0 spiro atoms. The topological polar surface area (TPSA) is 56.9 Å². The van der Waals surface area contributed by atoms with Crippen molar-refractivity contribution in [2.24, 2.45) is 0 Å². The summed E-state index contributed by atoms with van der Waals surface area (Å²) in [4.78, 5) is 12.0. The fourth-order valence-electron chi connectivity index (χ4n) is 1.31. The molecule has 1 saturated heterocycles. The third-order valence-corrected chi connectivity index (χ3v) is 2.36. The van der Waals surface area contributed by atoms with Crippen molar-refractivity contribution < 1.29 is 4.74 Å². The molecule has 14 heavy (non-hydrogen) atoms. The third-order valence-electron chi connectivity index (χ3n) is 1.96. The summed E-state index contributed by atoms with van der Waals surface area (Å²) in [5.41, 5.74) is 0. The molecule has 7 heteroatoms. The number of hydrogen-bond donors (Lipinski definition) is 2. The van der Waals surface area contributed by atoms with Gasteiger partial charge in [0.25, 0.3) is 0 Å².